The zero-order valence-corrected chi connectivity index (χ0v) is 44.6. The maximum Gasteiger partial charge on any atom is 0.315 e. The molecule has 4 aliphatic heterocycles. The summed E-state index contributed by atoms with van der Waals surface area (Å²) in [6.07, 6.45) is -25.5. The number of carbonyl (C=O) groups is 1. The van der Waals surface area contributed by atoms with Crippen molar-refractivity contribution in [1.29, 1.82) is 0 Å². The maximum atomic E-state index is 15.4. The number of hydrogen-bond donors (Lipinski definition) is 14. The summed E-state index contributed by atoms with van der Waals surface area (Å²) in [4.78, 5) is 15.4. The average Bonchev–Trinajstić information content (AvgIpc) is 3.55. The maximum absolute atomic E-state index is 15.4. The van der Waals surface area contributed by atoms with Gasteiger partial charge in [0.1, 0.15) is 79.4 Å². The molecular weight excluding hydrogens is 1000 g/mol. The summed E-state index contributed by atoms with van der Waals surface area (Å²) in [5.41, 5.74) is -2.67. The van der Waals surface area contributed by atoms with Crippen molar-refractivity contribution in [3.63, 3.8) is 0 Å². The van der Waals surface area contributed by atoms with Gasteiger partial charge in [-0.1, -0.05) is 53.2 Å². The average molecular weight is 1090 g/mol. The molecule has 4 saturated carbocycles. The molecule has 0 aromatic rings. The number of ether oxygens (including phenoxy) is 8. The third-order valence-electron chi connectivity index (χ3n) is 21.1. The smallest absolute Gasteiger partial charge is 0.315 e. The highest BCUT2D eigenvalue weighted by Gasteiger charge is 2.72. The first kappa shape index (κ1) is 59.0. The second-order valence-corrected chi connectivity index (χ2v) is 25.8. The lowest BCUT2D eigenvalue weighted by atomic mass is 9.33. The quantitative estimate of drug-likeness (QED) is 0.0581. The fourth-order valence-corrected chi connectivity index (χ4v) is 16.3. The predicted molar refractivity (Wildman–Crippen MR) is 258 cm³/mol. The molecule has 23 heteroatoms. The van der Waals surface area contributed by atoms with Crippen LogP contribution in [0.2, 0.25) is 0 Å². The summed E-state index contributed by atoms with van der Waals surface area (Å²) in [7, 11) is 0. The number of rotatable bonds is 11. The normalized spacial score (nSPS) is 55.2. The minimum Gasteiger partial charge on any atom is -0.432 e. The highest BCUT2D eigenvalue weighted by molar-refractivity contribution is 5.79. The van der Waals surface area contributed by atoms with E-state index in [0.717, 1.165) is 5.57 Å². The molecule has 0 radical (unpaired) electrons. The molecule has 4 heterocycles. The molecule has 14 N–H and O–H groups in total. The molecule has 9 aliphatic rings. The minimum atomic E-state index is -1.91. The Hall–Kier alpha value is -1.63. The molecule has 436 valence electrons. The first-order valence-corrected chi connectivity index (χ1v) is 27.4. The van der Waals surface area contributed by atoms with Crippen LogP contribution in [-0.2, 0) is 42.7 Å². The van der Waals surface area contributed by atoms with E-state index in [4.69, 9.17) is 37.9 Å². The molecule has 76 heavy (non-hydrogen) atoms. The molecule has 0 aromatic heterocycles. The molecule has 0 bridgehead atoms. The molecule has 0 amide bonds. The van der Waals surface area contributed by atoms with Crippen LogP contribution in [0.25, 0.3) is 0 Å². The summed E-state index contributed by atoms with van der Waals surface area (Å²) in [5.74, 6) is -1.20. The van der Waals surface area contributed by atoms with Crippen molar-refractivity contribution in [2.75, 3.05) is 26.4 Å². The van der Waals surface area contributed by atoms with E-state index in [1.807, 2.05) is 6.92 Å². The van der Waals surface area contributed by atoms with Gasteiger partial charge in [0.2, 0.25) is 6.29 Å². The molecule has 29 atom stereocenters. The van der Waals surface area contributed by atoms with Crippen LogP contribution >= 0.6 is 0 Å². The lowest BCUT2D eigenvalue weighted by molar-refractivity contribution is -0.375. The van der Waals surface area contributed by atoms with Crippen molar-refractivity contribution < 1.29 is 114 Å². The first-order valence-electron chi connectivity index (χ1n) is 27.4. The van der Waals surface area contributed by atoms with Crippen LogP contribution in [0.3, 0.4) is 0 Å². The van der Waals surface area contributed by atoms with Gasteiger partial charge in [-0.2, -0.15) is 0 Å². The molecule has 0 spiro atoms. The Kier molecular flexibility index (Phi) is 16.5. The topological polar surface area (TPSA) is 374 Å². The van der Waals surface area contributed by atoms with Crippen LogP contribution in [0.1, 0.15) is 106 Å². The third-order valence-corrected chi connectivity index (χ3v) is 21.1. The largest absolute Gasteiger partial charge is 0.432 e. The zero-order chi connectivity index (χ0) is 55.6. The molecule has 0 aromatic carbocycles. The van der Waals surface area contributed by atoms with Crippen molar-refractivity contribution in [2.24, 2.45) is 50.2 Å². The lowest BCUT2D eigenvalue weighted by Gasteiger charge is -2.72. The summed E-state index contributed by atoms with van der Waals surface area (Å²) in [6.45, 7) is 12.2. The van der Waals surface area contributed by atoms with E-state index in [2.05, 4.69) is 40.7 Å². The summed E-state index contributed by atoms with van der Waals surface area (Å²) in [6, 6.07) is 0. The Balaban J connectivity index is 0.963. The highest BCUT2D eigenvalue weighted by atomic mass is 16.8. The molecule has 23 nitrogen and oxygen atoms in total. The van der Waals surface area contributed by atoms with Gasteiger partial charge in [0, 0.05) is 5.41 Å². The van der Waals surface area contributed by atoms with Crippen LogP contribution in [0, 0.1) is 50.2 Å². The van der Waals surface area contributed by atoms with E-state index in [9.17, 15) is 71.5 Å². The van der Waals surface area contributed by atoms with Gasteiger partial charge in [-0.3, -0.25) is 4.79 Å². The van der Waals surface area contributed by atoms with E-state index in [1.54, 1.807) is 0 Å². The van der Waals surface area contributed by atoms with Crippen molar-refractivity contribution in [1.82, 2.24) is 0 Å². The Morgan fingerprint density at radius 1 is 0.605 bits per heavy atom. The Bertz CT molecular complexity index is 2100. The molecular formula is C53H86O23. The second kappa shape index (κ2) is 21.3. The van der Waals surface area contributed by atoms with Gasteiger partial charge in [-0.15, -0.1) is 0 Å². The second-order valence-electron chi connectivity index (χ2n) is 25.8. The predicted octanol–water partition coefficient (Wildman–Crippen LogP) is -2.43. The number of aliphatic hydroxyl groups excluding tert-OH is 14. The van der Waals surface area contributed by atoms with Gasteiger partial charge in [0.15, 0.2) is 25.0 Å². The lowest BCUT2D eigenvalue weighted by Crippen LogP contribution is -2.69. The van der Waals surface area contributed by atoms with Gasteiger partial charge < -0.3 is 109 Å². The van der Waals surface area contributed by atoms with Crippen LogP contribution in [0.4, 0.5) is 0 Å². The fraction of sp³-hybridized carbons (Fsp3) is 0.943. The van der Waals surface area contributed by atoms with Gasteiger partial charge in [-0.25, -0.2) is 0 Å². The summed E-state index contributed by atoms with van der Waals surface area (Å²) in [5, 5.41) is 152. The van der Waals surface area contributed by atoms with Gasteiger partial charge >= 0.3 is 5.97 Å². The Labute approximate surface area is 442 Å². The molecule has 5 aliphatic carbocycles. The van der Waals surface area contributed by atoms with Crippen molar-refractivity contribution >= 4 is 5.97 Å². The van der Waals surface area contributed by atoms with Crippen molar-refractivity contribution in [3.8, 4) is 0 Å². The monoisotopic (exact) mass is 1090 g/mol. The summed E-state index contributed by atoms with van der Waals surface area (Å²) >= 11 is 0. The first-order chi connectivity index (χ1) is 35.6. The van der Waals surface area contributed by atoms with E-state index in [0.29, 0.717) is 51.4 Å². The van der Waals surface area contributed by atoms with E-state index >= 15 is 4.79 Å². The fourth-order valence-electron chi connectivity index (χ4n) is 16.3. The number of aliphatic hydroxyl groups is 14. The van der Waals surface area contributed by atoms with E-state index < -0.39 is 170 Å². The van der Waals surface area contributed by atoms with E-state index in [1.165, 1.54) is 6.92 Å². The van der Waals surface area contributed by atoms with Crippen LogP contribution in [0.15, 0.2) is 11.6 Å². The zero-order valence-electron chi connectivity index (χ0n) is 44.6. The molecule has 9 rings (SSSR count). The molecule has 4 saturated heterocycles. The Morgan fingerprint density at radius 3 is 1.84 bits per heavy atom. The number of allylic oxidation sites excluding steroid dienone is 2. The van der Waals surface area contributed by atoms with Crippen LogP contribution < -0.4 is 0 Å². The highest BCUT2D eigenvalue weighted by Crippen LogP contribution is 2.76. The number of carbonyl (C=O) groups excluding carboxylic acids is 1. The third kappa shape index (κ3) is 9.37. The van der Waals surface area contributed by atoms with E-state index in [-0.39, 0.29) is 48.2 Å². The Morgan fingerprint density at radius 2 is 1.18 bits per heavy atom. The standard InChI is InChI=1S/C53H86O23/c1-22-40(73-43-37(65)31(59)26(58)20-69-43)36(64)39(67)44(70-22)74-41-35(63)33(61)28(19-55)72-46(41)76-47(68)53-14-12-48(2,3)16-24(53)23-8-9-30-49(4)17-25(57)42(75-45-38(66)34(62)32(60)27(18-54)71-45)50(5,21-56)29(49)10-11-52(30,7)51(23,6)13-15-53/h8,22,24-46,54-67H,9-21H2,1-7H3/t22-,24-,25+,26-,27-,28+,29-,30-,31-,32-,33-,34-,35-,36-,37-,38-,39+,40+,41-,42+,43-,44-,45-,46+,49-,50+,51+,52+,53+/m1/s1. The van der Waals surface area contributed by atoms with Crippen LogP contribution in [-0.4, -0.2) is 233 Å². The SMILES string of the molecule is C[C@H]1O[C@H](O[C@H]2[C@H](OC(=O)[C@]34CCC(C)(C)C[C@@H]3C3=CC[C@@H]5[C@]6(C)C[C@H](O)[C@H](O[C@H]7O[C@H](CO)[C@@H](O)[C@@H](O)[C@H]7O)[C@@](C)(CO)[C@@H]6CC[C@]5(C)[C@@]3(C)CC4)O[C@@H](CO)[C@@H](O)[C@H]2O)[C@@H](O)[C@@H](O)[C@H]1O[C@H]1OC[C@@H](O)[C@@H](O)[C@H]1O. The number of hydrogen-bond acceptors (Lipinski definition) is 23. The number of esters is 1. The summed E-state index contributed by atoms with van der Waals surface area (Å²) < 4.78 is 47.5. The van der Waals surface area contributed by atoms with Crippen molar-refractivity contribution in [2.45, 2.75) is 235 Å². The van der Waals surface area contributed by atoms with Crippen molar-refractivity contribution in [3.05, 3.63) is 11.6 Å². The molecule has 8 fully saturated rings. The number of fused-ring (bicyclic) bond motifs is 7. The minimum absolute atomic E-state index is 0.0243. The van der Waals surface area contributed by atoms with Gasteiger partial charge in [0.05, 0.1) is 50.2 Å². The van der Waals surface area contributed by atoms with Gasteiger partial charge in [-0.05, 0) is 104 Å². The molecule has 0 unspecified atom stereocenters. The van der Waals surface area contributed by atoms with Crippen LogP contribution in [0.5, 0.6) is 0 Å². The van der Waals surface area contributed by atoms with Gasteiger partial charge in [0.25, 0.3) is 0 Å².